The van der Waals surface area contributed by atoms with Gasteiger partial charge >= 0.3 is 6.18 Å². The molecule has 8 heteroatoms. The second kappa shape index (κ2) is 7.93. The van der Waals surface area contributed by atoms with E-state index in [1.165, 1.54) is 23.5 Å². The van der Waals surface area contributed by atoms with Gasteiger partial charge in [-0.25, -0.2) is 0 Å². The standard InChI is InChI=1S/C21H21F3N2O2S/c1-14-12-16-13-18(19(27)15-2-4-17(5-3-15)21(22,23)24)29-20(16)26(14)7-6-25-8-10-28-11-9-25/h2-5,12-13H,6-11H2,1H3. The lowest BCUT2D eigenvalue weighted by atomic mass is 10.1. The smallest absolute Gasteiger partial charge is 0.379 e. The molecule has 1 aromatic carbocycles. The zero-order valence-electron chi connectivity index (χ0n) is 16.0. The molecule has 3 aromatic rings. The van der Waals surface area contributed by atoms with Crippen LogP contribution in [0.2, 0.25) is 0 Å². The number of fused-ring (bicyclic) bond motifs is 1. The predicted molar refractivity (Wildman–Crippen MR) is 107 cm³/mol. The molecule has 4 rings (SSSR count). The quantitative estimate of drug-likeness (QED) is 0.564. The fourth-order valence-corrected chi connectivity index (χ4v) is 4.77. The van der Waals surface area contributed by atoms with E-state index in [2.05, 4.69) is 15.5 Å². The third kappa shape index (κ3) is 4.24. The Morgan fingerprint density at radius 1 is 1.10 bits per heavy atom. The maximum Gasteiger partial charge on any atom is 0.416 e. The molecule has 0 bridgehead atoms. The van der Waals surface area contributed by atoms with E-state index in [9.17, 15) is 18.0 Å². The molecule has 4 nitrogen and oxygen atoms in total. The van der Waals surface area contributed by atoms with Gasteiger partial charge in [-0.1, -0.05) is 12.1 Å². The summed E-state index contributed by atoms with van der Waals surface area (Å²) in [5.74, 6) is -0.252. The van der Waals surface area contributed by atoms with Crippen LogP contribution in [-0.4, -0.2) is 48.1 Å². The highest BCUT2D eigenvalue weighted by Crippen LogP contribution is 2.32. The summed E-state index contributed by atoms with van der Waals surface area (Å²) in [7, 11) is 0. The summed E-state index contributed by atoms with van der Waals surface area (Å²) < 4.78 is 45.8. The molecule has 3 heterocycles. The Labute approximate surface area is 170 Å². The van der Waals surface area contributed by atoms with Crippen molar-refractivity contribution in [1.82, 2.24) is 9.47 Å². The van der Waals surface area contributed by atoms with Gasteiger partial charge in [0.15, 0.2) is 0 Å². The van der Waals surface area contributed by atoms with Crippen LogP contribution in [0, 0.1) is 6.92 Å². The molecule has 0 amide bonds. The van der Waals surface area contributed by atoms with E-state index in [1.807, 2.05) is 13.0 Å². The number of ether oxygens (including phenoxy) is 1. The van der Waals surface area contributed by atoms with Gasteiger partial charge in [0, 0.05) is 42.8 Å². The van der Waals surface area contributed by atoms with Gasteiger partial charge in [0.05, 0.1) is 23.7 Å². The van der Waals surface area contributed by atoms with Crippen molar-refractivity contribution in [3.8, 4) is 0 Å². The largest absolute Gasteiger partial charge is 0.416 e. The summed E-state index contributed by atoms with van der Waals surface area (Å²) in [6, 6.07) is 8.27. The van der Waals surface area contributed by atoms with Gasteiger partial charge in [-0.15, -0.1) is 11.3 Å². The number of halogens is 3. The van der Waals surface area contributed by atoms with E-state index in [0.29, 0.717) is 4.88 Å². The van der Waals surface area contributed by atoms with Gasteiger partial charge < -0.3 is 9.30 Å². The molecular formula is C21H21F3N2O2S. The number of alkyl halides is 3. The number of hydrogen-bond acceptors (Lipinski definition) is 4. The van der Waals surface area contributed by atoms with Crippen molar-refractivity contribution in [2.75, 3.05) is 32.8 Å². The lowest BCUT2D eigenvalue weighted by molar-refractivity contribution is -0.137. The van der Waals surface area contributed by atoms with E-state index >= 15 is 0 Å². The van der Waals surface area contributed by atoms with Gasteiger partial charge in [0.25, 0.3) is 0 Å². The molecule has 0 N–H and O–H groups in total. The van der Waals surface area contributed by atoms with Gasteiger partial charge in [-0.3, -0.25) is 9.69 Å². The maximum absolute atomic E-state index is 12.8. The number of aromatic nitrogens is 1. The van der Waals surface area contributed by atoms with Crippen LogP contribution in [0.3, 0.4) is 0 Å². The van der Waals surface area contributed by atoms with Crippen molar-refractivity contribution >= 4 is 27.3 Å². The topological polar surface area (TPSA) is 34.5 Å². The zero-order valence-corrected chi connectivity index (χ0v) is 16.8. The van der Waals surface area contributed by atoms with Crippen LogP contribution in [0.1, 0.15) is 26.5 Å². The van der Waals surface area contributed by atoms with Crippen molar-refractivity contribution < 1.29 is 22.7 Å². The lowest BCUT2D eigenvalue weighted by Crippen LogP contribution is -2.38. The van der Waals surface area contributed by atoms with Crippen LogP contribution >= 0.6 is 11.3 Å². The van der Waals surface area contributed by atoms with Gasteiger partial charge in [0.2, 0.25) is 5.78 Å². The molecule has 154 valence electrons. The van der Waals surface area contributed by atoms with Crippen molar-refractivity contribution in [2.45, 2.75) is 19.6 Å². The summed E-state index contributed by atoms with van der Waals surface area (Å²) in [5, 5.41) is 0.990. The van der Waals surface area contributed by atoms with Crippen LogP contribution in [0.25, 0.3) is 10.2 Å². The SMILES string of the molecule is Cc1cc2cc(C(=O)c3ccc(C(F)(F)F)cc3)sc2n1CCN1CCOCC1. The normalized spacial score (nSPS) is 15.9. The molecule has 29 heavy (non-hydrogen) atoms. The van der Waals surface area contributed by atoms with Crippen LogP contribution < -0.4 is 0 Å². The second-order valence-corrected chi connectivity index (χ2v) is 8.20. The monoisotopic (exact) mass is 422 g/mol. The summed E-state index contributed by atoms with van der Waals surface area (Å²) in [4.78, 5) is 16.7. The van der Waals surface area contributed by atoms with Crippen LogP contribution in [0.15, 0.2) is 36.4 Å². The number of rotatable bonds is 5. The molecule has 0 unspecified atom stereocenters. The summed E-state index contributed by atoms with van der Waals surface area (Å²) in [5.41, 5.74) is 0.641. The molecule has 0 saturated carbocycles. The maximum atomic E-state index is 12.8. The third-order valence-electron chi connectivity index (χ3n) is 5.22. The molecule has 0 spiro atoms. The number of ketones is 1. The average Bonchev–Trinajstić information content (AvgIpc) is 3.23. The van der Waals surface area contributed by atoms with Gasteiger partial charge in [-0.2, -0.15) is 13.2 Å². The Hall–Kier alpha value is -2.16. The molecule has 1 fully saturated rings. The molecule has 2 aromatic heterocycles. The molecular weight excluding hydrogens is 401 g/mol. The van der Waals surface area contributed by atoms with Crippen LogP contribution in [0.5, 0.6) is 0 Å². The average molecular weight is 422 g/mol. The lowest BCUT2D eigenvalue weighted by Gasteiger charge is -2.26. The first-order valence-electron chi connectivity index (χ1n) is 9.44. The van der Waals surface area contributed by atoms with Crippen molar-refractivity contribution in [3.63, 3.8) is 0 Å². The Balaban J connectivity index is 1.54. The minimum atomic E-state index is -4.41. The fourth-order valence-electron chi connectivity index (χ4n) is 3.58. The van der Waals surface area contributed by atoms with Crippen LogP contribution in [-0.2, 0) is 17.5 Å². The number of nitrogens with zero attached hydrogens (tertiary/aromatic N) is 2. The highest BCUT2D eigenvalue weighted by molar-refractivity contribution is 7.20. The molecule has 1 aliphatic heterocycles. The van der Waals surface area contributed by atoms with Crippen molar-refractivity contribution in [3.05, 3.63) is 58.1 Å². The summed E-state index contributed by atoms with van der Waals surface area (Å²) >= 11 is 1.39. The van der Waals surface area contributed by atoms with E-state index < -0.39 is 11.7 Å². The first-order valence-corrected chi connectivity index (χ1v) is 10.3. The van der Waals surface area contributed by atoms with Crippen molar-refractivity contribution in [1.29, 1.82) is 0 Å². The minimum absolute atomic E-state index is 0.252. The minimum Gasteiger partial charge on any atom is -0.379 e. The number of benzene rings is 1. The molecule has 0 radical (unpaired) electrons. The Bertz CT molecular complexity index is 1020. The number of morpholine rings is 1. The molecule has 0 aliphatic carbocycles. The number of carbonyl (C=O) groups excluding carboxylic acids is 1. The van der Waals surface area contributed by atoms with Crippen molar-refractivity contribution in [2.24, 2.45) is 0 Å². The Morgan fingerprint density at radius 3 is 2.45 bits per heavy atom. The second-order valence-electron chi connectivity index (χ2n) is 7.17. The molecule has 1 aliphatic rings. The summed E-state index contributed by atoms with van der Waals surface area (Å²) in [6.07, 6.45) is -4.41. The highest BCUT2D eigenvalue weighted by Gasteiger charge is 2.30. The highest BCUT2D eigenvalue weighted by atomic mass is 32.1. The Kier molecular flexibility index (Phi) is 5.50. The van der Waals surface area contributed by atoms with E-state index in [0.717, 1.165) is 67.4 Å². The number of carbonyl (C=O) groups is 1. The zero-order chi connectivity index (χ0) is 20.6. The first-order chi connectivity index (χ1) is 13.8. The van der Waals surface area contributed by atoms with Crippen LogP contribution in [0.4, 0.5) is 13.2 Å². The number of hydrogen-bond donors (Lipinski definition) is 0. The number of thiophene rings is 1. The van der Waals surface area contributed by atoms with E-state index in [-0.39, 0.29) is 11.3 Å². The fraction of sp³-hybridized carbons (Fsp3) is 0.381. The number of aryl methyl sites for hydroxylation is 1. The van der Waals surface area contributed by atoms with Gasteiger partial charge in [-0.05, 0) is 31.2 Å². The van der Waals surface area contributed by atoms with E-state index in [4.69, 9.17) is 4.74 Å². The van der Waals surface area contributed by atoms with E-state index in [1.54, 1.807) is 0 Å². The Morgan fingerprint density at radius 2 is 1.79 bits per heavy atom. The molecule has 0 atom stereocenters. The van der Waals surface area contributed by atoms with Gasteiger partial charge in [0.1, 0.15) is 4.83 Å². The predicted octanol–water partition coefficient (Wildman–Crippen LogP) is 4.59. The summed E-state index contributed by atoms with van der Waals surface area (Å²) in [6.45, 7) is 7.13. The molecule has 1 saturated heterocycles. The third-order valence-corrected chi connectivity index (χ3v) is 6.39. The first kappa shape index (κ1) is 20.1.